The summed E-state index contributed by atoms with van der Waals surface area (Å²) in [5, 5.41) is 0. The third kappa shape index (κ3) is 16.2. The molecule has 0 spiro atoms. The third-order valence-electron chi connectivity index (χ3n) is 8.41. The zero-order chi connectivity index (χ0) is 34.3. The summed E-state index contributed by atoms with van der Waals surface area (Å²) in [5.41, 5.74) is 13.6. The number of ether oxygens (including phenoxy) is 2. The predicted octanol–water partition coefficient (Wildman–Crippen LogP) is 9.06. The number of rotatable bonds is 29. The van der Waals surface area contributed by atoms with Gasteiger partial charge in [-0.15, -0.1) is 0 Å². The molecule has 2 heterocycles. The summed E-state index contributed by atoms with van der Waals surface area (Å²) >= 11 is 0. The lowest BCUT2D eigenvalue weighted by molar-refractivity contribution is 0.0530. The van der Waals surface area contributed by atoms with Crippen molar-refractivity contribution in [3.05, 3.63) is 42.2 Å². The van der Waals surface area contributed by atoms with E-state index in [0.717, 1.165) is 12.0 Å². The first-order valence-electron chi connectivity index (χ1n) is 18.3. The van der Waals surface area contributed by atoms with Crippen molar-refractivity contribution in [2.45, 2.75) is 136 Å². The summed E-state index contributed by atoms with van der Waals surface area (Å²) < 4.78 is 38.8. The molecule has 0 radical (unpaired) electrons. The van der Waals surface area contributed by atoms with Crippen LogP contribution in [0.25, 0.3) is 11.2 Å². The number of unbranched alkanes of at least 4 members (excludes halogenated alkanes) is 15. The Hall–Kier alpha value is -2.56. The van der Waals surface area contributed by atoms with E-state index >= 15 is 0 Å². The number of benzene rings is 1. The lowest BCUT2D eigenvalue weighted by Gasteiger charge is -2.21. The summed E-state index contributed by atoms with van der Waals surface area (Å²) in [6.45, 7) is 5.84. The van der Waals surface area contributed by atoms with Gasteiger partial charge in [0.15, 0.2) is 11.5 Å². The maximum Gasteiger partial charge on any atom is 0.356 e. The molecule has 0 aliphatic heterocycles. The smallest absolute Gasteiger partial charge is 0.356 e. The van der Waals surface area contributed by atoms with Crippen molar-refractivity contribution in [1.29, 1.82) is 0 Å². The van der Waals surface area contributed by atoms with Crippen LogP contribution in [0.5, 0.6) is 0 Å². The van der Waals surface area contributed by atoms with E-state index in [-0.39, 0.29) is 37.4 Å². The van der Waals surface area contributed by atoms with Gasteiger partial charge in [0.2, 0.25) is 5.95 Å². The highest BCUT2D eigenvalue weighted by atomic mass is 31.2. The van der Waals surface area contributed by atoms with Gasteiger partial charge in [0, 0.05) is 6.61 Å². The number of hydrogen-bond acceptors (Lipinski definition) is 10. The molecule has 0 saturated heterocycles. The maximum atomic E-state index is 13.7. The predicted molar refractivity (Wildman–Crippen MR) is 195 cm³/mol. The van der Waals surface area contributed by atoms with Crippen molar-refractivity contribution in [1.82, 2.24) is 19.5 Å². The zero-order valence-corrected chi connectivity index (χ0v) is 30.4. The lowest BCUT2D eigenvalue weighted by atomic mass is 10.0. The third-order valence-corrected chi connectivity index (χ3v) is 9.97. The second kappa shape index (κ2) is 23.7. The maximum absolute atomic E-state index is 13.7. The Morgan fingerprint density at radius 3 is 2.00 bits per heavy atom. The minimum atomic E-state index is -3.58. The highest BCUT2D eigenvalue weighted by Gasteiger charge is 2.27. The van der Waals surface area contributed by atoms with Gasteiger partial charge in [0.05, 0.1) is 38.8 Å². The first kappa shape index (κ1) is 39.9. The van der Waals surface area contributed by atoms with Crippen molar-refractivity contribution in [2.75, 3.05) is 37.6 Å². The number of fused-ring (bicyclic) bond motifs is 1. The Morgan fingerprint density at radius 2 is 1.38 bits per heavy atom. The van der Waals surface area contributed by atoms with Gasteiger partial charge in [0.1, 0.15) is 11.9 Å². The van der Waals surface area contributed by atoms with Crippen molar-refractivity contribution in [3.8, 4) is 0 Å². The van der Waals surface area contributed by atoms with E-state index < -0.39 is 7.60 Å². The number of nitrogen functional groups attached to an aromatic ring is 2. The van der Waals surface area contributed by atoms with E-state index in [9.17, 15) is 4.57 Å². The molecule has 0 aliphatic rings. The number of imidazole rings is 1. The van der Waals surface area contributed by atoms with Crippen LogP contribution in [0, 0.1) is 0 Å². The minimum absolute atomic E-state index is 0.0690. The van der Waals surface area contributed by atoms with Crippen LogP contribution in [-0.4, -0.2) is 51.8 Å². The first-order chi connectivity index (χ1) is 23.4. The molecule has 4 N–H and O–H groups in total. The highest BCUT2D eigenvalue weighted by molar-refractivity contribution is 7.53. The Labute approximate surface area is 288 Å². The topological polar surface area (TPSA) is 150 Å². The molecule has 3 aromatic rings. The number of anilines is 2. The molecule has 0 saturated carbocycles. The van der Waals surface area contributed by atoms with Crippen LogP contribution >= 0.6 is 7.60 Å². The fourth-order valence-electron chi connectivity index (χ4n) is 5.61. The van der Waals surface area contributed by atoms with Gasteiger partial charge in [-0.1, -0.05) is 134 Å². The average molecular weight is 689 g/mol. The van der Waals surface area contributed by atoms with Gasteiger partial charge in [-0.25, -0.2) is 4.98 Å². The molecule has 2 aromatic heterocycles. The molecule has 3 rings (SSSR count). The first-order valence-corrected chi connectivity index (χ1v) is 20.0. The second-order valence-electron chi connectivity index (χ2n) is 12.8. The van der Waals surface area contributed by atoms with Gasteiger partial charge in [0.25, 0.3) is 0 Å². The summed E-state index contributed by atoms with van der Waals surface area (Å²) in [6.07, 6.45) is 22.5. The molecular weight excluding hydrogens is 627 g/mol. The minimum Gasteiger partial charge on any atom is -0.382 e. The van der Waals surface area contributed by atoms with Crippen LogP contribution in [0.15, 0.2) is 36.7 Å². The molecule has 2 atom stereocenters. The molecule has 0 amide bonds. The van der Waals surface area contributed by atoms with E-state index in [1.165, 1.54) is 96.3 Å². The Morgan fingerprint density at radius 1 is 0.771 bits per heavy atom. The van der Waals surface area contributed by atoms with Gasteiger partial charge in [-0.3, -0.25) is 4.57 Å². The molecule has 2 unspecified atom stereocenters. The van der Waals surface area contributed by atoms with E-state index in [1.807, 2.05) is 37.3 Å². The normalized spacial score (nSPS) is 13.6. The van der Waals surface area contributed by atoms with Gasteiger partial charge in [-0.05, 0) is 18.9 Å². The molecule has 270 valence electrons. The number of nitrogens with zero attached hydrogens (tertiary/aromatic N) is 4. The fourth-order valence-corrected chi connectivity index (χ4v) is 6.97. The van der Waals surface area contributed by atoms with Crippen molar-refractivity contribution in [3.63, 3.8) is 0 Å². The summed E-state index contributed by atoms with van der Waals surface area (Å²) in [7, 11) is -3.58. The molecule has 0 fully saturated rings. The fraction of sp³-hybridized carbons (Fsp3) is 0.694. The average Bonchev–Trinajstić information content (AvgIpc) is 3.48. The van der Waals surface area contributed by atoms with Crippen molar-refractivity contribution >= 4 is 30.5 Å². The molecule has 48 heavy (non-hydrogen) atoms. The van der Waals surface area contributed by atoms with E-state index in [0.29, 0.717) is 30.9 Å². The van der Waals surface area contributed by atoms with Crippen LogP contribution in [0.3, 0.4) is 0 Å². The van der Waals surface area contributed by atoms with Crippen LogP contribution in [-0.2, 0) is 36.2 Å². The molecular formula is C36H61N6O5P. The van der Waals surface area contributed by atoms with Crippen LogP contribution in [0.4, 0.5) is 11.8 Å². The van der Waals surface area contributed by atoms with Gasteiger partial charge < -0.3 is 34.6 Å². The van der Waals surface area contributed by atoms with Crippen molar-refractivity contribution < 1.29 is 23.1 Å². The van der Waals surface area contributed by atoms with Gasteiger partial charge in [-0.2, -0.15) is 9.97 Å². The quantitative estimate of drug-likeness (QED) is 0.0534. The van der Waals surface area contributed by atoms with Crippen LogP contribution in [0.2, 0.25) is 0 Å². The van der Waals surface area contributed by atoms with Crippen molar-refractivity contribution in [2.24, 2.45) is 0 Å². The summed E-state index contributed by atoms with van der Waals surface area (Å²) in [4.78, 5) is 12.5. The lowest BCUT2D eigenvalue weighted by Crippen LogP contribution is -2.19. The highest BCUT2D eigenvalue weighted by Crippen LogP contribution is 2.49. The largest absolute Gasteiger partial charge is 0.382 e. The molecule has 0 aliphatic carbocycles. The SMILES string of the molecule is CCCCCCCCCCCCCCCCCCOCCOP(=O)(COC(C)Cn1cnc2c(N)nc(N)nc21)OCc1ccccc1. The summed E-state index contributed by atoms with van der Waals surface area (Å²) in [5.74, 6) is 0.286. The van der Waals surface area contributed by atoms with Crippen LogP contribution in [0.1, 0.15) is 122 Å². The number of hydrogen-bond donors (Lipinski definition) is 2. The zero-order valence-electron chi connectivity index (χ0n) is 29.5. The molecule has 11 nitrogen and oxygen atoms in total. The Balaban J connectivity index is 1.27. The summed E-state index contributed by atoms with van der Waals surface area (Å²) in [6, 6.07) is 9.58. The van der Waals surface area contributed by atoms with E-state index in [2.05, 4.69) is 21.9 Å². The second-order valence-corrected chi connectivity index (χ2v) is 14.8. The molecule has 1 aromatic carbocycles. The standard InChI is InChI=1S/C36H61N6O5P/c1-3-4-5-6-7-8-9-10-11-12-13-14-15-16-17-21-24-44-25-26-46-48(43,47-28-32-22-19-18-20-23-32)30-45-31(2)27-42-29-39-33-34(37)40-36(38)41-35(33)42/h18-20,22-23,29,31H,3-17,21,24-28,30H2,1-2H3,(H4,37,38,40,41). The Bertz CT molecular complexity index is 1310. The number of aromatic nitrogens is 4. The van der Waals surface area contributed by atoms with E-state index in [4.69, 9.17) is 30.0 Å². The van der Waals surface area contributed by atoms with Crippen LogP contribution < -0.4 is 11.5 Å². The molecule has 12 heteroatoms. The molecule has 0 bridgehead atoms. The monoisotopic (exact) mass is 688 g/mol. The Kier molecular flexibility index (Phi) is 19.7. The van der Waals surface area contributed by atoms with E-state index in [1.54, 1.807) is 10.9 Å². The number of nitrogens with two attached hydrogens (primary N) is 2. The van der Waals surface area contributed by atoms with Gasteiger partial charge >= 0.3 is 7.60 Å².